The van der Waals surface area contributed by atoms with E-state index in [0.717, 1.165) is 42.2 Å². The summed E-state index contributed by atoms with van der Waals surface area (Å²) in [5.41, 5.74) is 3.17. The molecule has 140 valence electrons. The molecule has 1 fully saturated rings. The Hall–Kier alpha value is -2.70. The molecule has 6 heteroatoms. The van der Waals surface area contributed by atoms with E-state index >= 15 is 0 Å². The Morgan fingerprint density at radius 3 is 2.81 bits per heavy atom. The third-order valence-electron chi connectivity index (χ3n) is 4.82. The first-order valence-electron chi connectivity index (χ1n) is 8.99. The van der Waals surface area contributed by atoms with Crippen molar-refractivity contribution in [2.45, 2.75) is 12.6 Å². The van der Waals surface area contributed by atoms with E-state index in [1.807, 2.05) is 29.1 Å². The molecule has 0 saturated carbocycles. The lowest BCUT2D eigenvalue weighted by molar-refractivity contribution is -0.0329. The second-order valence-corrected chi connectivity index (χ2v) is 6.59. The van der Waals surface area contributed by atoms with Crippen molar-refractivity contribution in [3.63, 3.8) is 0 Å². The number of morpholine rings is 1. The van der Waals surface area contributed by atoms with Gasteiger partial charge in [0.05, 0.1) is 25.5 Å². The lowest BCUT2D eigenvalue weighted by Gasteiger charge is -2.33. The molecule has 2 heterocycles. The monoisotopic (exact) mass is 367 g/mol. The lowest BCUT2D eigenvalue weighted by atomic mass is 10.1. The fourth-order valence-corrected chi connectivity index (χ4v) is 3.42. The third-order valence-corrected chi connectivity index (χ3v) is 4.82. The molecule has 0 amide bonds. The van der Waals surface area contributed by atoms with Gasteiger partial charge in [0, 0.05) is 32.0 Å². The van der Waals surface area contributed by atoms with Crippen molar-refractivity contribution in [2.24, 2.45) is 0 Å². The third kappa shape index (κ3) is 4.02. The number of aromatic nitrogens is 2. The lowest BCUT2D eigenvalue weighted by Crippen LogP contribution is -2.38. The van der Waals surface area contributed by atoms with Crippen molar-refractivity contribution < 1.29 is 13.9 Å². The van der Waals surface area contributed by atoms with Crippen LogP contribution >= 0.6 is 0 Å². The Balaban J connectivity index is 1.55. The molecule has 1 aliphatic heterocycles. The number of hydrogen-bond acceptors (Lipinski definition) is 4. The quantitative estimate of drug-likeness (QED) is 0.691. The van der Waals surface area contributed by atoms with Gasteiger partial charge in [0.1, 0.15) is 11.6 Å². The molecule has 1 aromatic heterocycles. The van der Waals surface area contributed by atoms with Crippen LogP contribution in [0.25, 0.3) is 5.69 Å². The molecular weight excluding hydrogens is 345 g/mol. The van der Waals surface area contributed by atoms with Crippen molar-refractivity contribution in [1.29, 1.82) is 0 Å². The van der Waals surface area contributed by atoms with Gasteiger partial charge in [-0.25, -0.2) is 9.07 Å². The molecule has 2 aromatic carbocycles. The maximum Gasteiger partial charge on any atom is 0.123 e. The highest BCUT2D eigenvalue weighted by Gasteiger charge is 2.23. The van der Waals surface area contributed by atoms with Crippen LogP contribution in [-0.4, -0.2) is 41.5 Å². The minimum atomic E-state index is -0.230. The Labute approximate surface area is 157 Å². The maximum atomic E-state index is 13.2. The van der Waals surface area contributed by atoms with Crippen molar-refractivity contribution in [3.05, 3.63) is 77.9 Å². The molecule has 0 aliphatic carbocycles. The summed E-state index contributed by atoms with van der Waals surface area (Å²) in [6, 6.07) is 14.5. The largest absolute Gasteiger partial charge is 0.497 e. The molecule has 0 radical (unpaired) electrons. The number of nitrogens with zero attached hydrogens (tertiary/aromatic N) is 3. The van der Waals surface area contributed by atoms with Crippen molar-refractivity contribution in [3.8, 4) is 11.4 Å². The van der Waals surface area contributed by atoms with Crippen LogP contribution in [0.15, 0.2) is 60.9 Å². The van der Waals surface area contributed by atoms with E-state index in [1.165, 1.54) is 12.1 Å². The van der Waals surface area contributed by atoms with Crippen LogP contribution in [-0.2, 0) is 11.3 Å². The summed E-state index contributed by atoms with van der Waals surface area (Å²) in [5, 5.41) is 4.36. The number of benzene rings is 2. The van der Waals surface area contributed by atoms with Crippen molar-refractivity contribution in [1.82, 2.24) is 14.7 Å². The van der Waals surface area contributed by atoms with Crippen LogP contribution in [0.3, 0.4) is 0 Å². The minimum Gasteiger partial charge on any atom is -0.497 e. The van der Waals surface area contributed by atoms with Crippen molar-refractivity contribution in [2.75, 3.05) is 26.8 Å². The Kier molecular flexibility index (Phi) is 5.18. The molecule has 0 spiro atoms. The normalized spacial score (nSPS) is 17.8. The number of hydrogen-bond donors (Lipinski definition) is 0. The zero-order valence-corrected chi connectivity index (χ0v) is 15.2. The molecule has 1 aliphatic rings. The fraction of sp³-hybridized carbons (Fsp3) is 0.286. The highest BCUT2D eigenvalue weighted by Crippen LogP contribution is 2.26. The molecule has 0 unspecified atom stereocenters. The molecular formula is C21H22FN3O2. The average molecular weight is 367 g/mol. The molecule has 1 atom stereocenters. The first kappa shape index (κ1) is 17.7. The first-order valence-corrected chi connectivity index (χ1v) is 8.99. The van der Waals surface area contributed by atoms with Crippen molar-refractivity contribution >= 4 is 0 Å². The number of methoxy groups -OCH3 is 1. The summed E-state index contributed by atoms with van der Waals surface area (Å²) >= 11 is 0. The fourth-order valence-electron chi connectivity index (χ4n) is 3.42. The molecule has 0 N–H and O–H groups in total. The minimum absolute atomic E-state index is 0.0573. The van der Waals surface area contributed by atoms with Crippen LogP contribution in [0.4, 0.5) is 4.39 Å². The summed E-state index contributed by atoms with van der Waals surface area (Å²) < 4.78 is 26.4. The van der Waals surface area contributed by atoms with E-state index in [-0.39, 0.29) is 11.9 Å². The summed E-state index contributed by atoms with van der Waals surface area (Å²) in [4.78, 5) is 2.35. The van der Waals surface area contributed by atoms with Gasteiger partial charge >= 0.3 is 0 Å². The van der Waals surface area contributed by atoms with Gasteiger partial charge in [-0.2, -0.15) is 5.10 Å². The predicted molar refractivity (Wildman–Crippen MR) is 100 cm³/mol. The van der Waals surface area contributed by atoms with Gasteiger partial charge in [-0.3, -0.25) is 4.90 Å². The Morgan fingerprint density at radius 1 is 1.22 bits per heavy atom. The summed E-state index contributed by atoms with van der Waals surface area (Å²) in [5.74, 6) is 0.593. The summed E-state index contributed by atoms with van der Waals surface area (Å²) in [7, 11) is 1.67. The SMILES string of the molecule is COc1ccc(-n2cccn2)c(CN2CCO[C@H](c3ccc(F)cc3)C2)c1. The first-order chi connectivity index (χ1) is 13.2. The van der Waals surface area contributed by atoms with Gasteiger partial charge in [-0.1, -0.05) is 12.1 Å². The van der Waals surface area contributed by atoms with Gasteiger partial charge in [0.15, 0.2) is 0 Å². The van der Waals surface area contributed by atoms with E-state index < -0.39 is 0 Å². The van der Waals surface area contributed by atoms with E-state index in [1.54, 1.807) is 25.4 Å². The molecule has 0 bridgehead atoms. The Bertz CT molecular complexity index is 881. The van der Waals surface area contributed by atoms with Crippen LogP contribution < -0.4 is 4.74 Å². The van der Waals surface area contributed by atoms with Crippen LogP contribution in [0.5, 0.6) is 5.75 Å². The molecule has 3 aromatic rings. The zero-order valence-electron chi connectivity index (χ0n) is 15.2. The molecule has 1 saturated heterocycles. The smallest absolute Gasteiger partial charge is 0.123 e. The van der Waals surface area contributed by atoms with Gasteiger partial charge in [-0.05, 0) is 47.5 Å². The van der Waals surface area contributed by atoms with Crippen LogP contribution in [0.2, 0.25) is 0 Å². The summed E-state index contributed by atoms with van der Waals surface area (Å²) in [6.07, 6.45) is 3.65. The second kappa shape index (κ2) is 7.90. The Morgan fingerprint density at radius 2 is 2.07 bits per heavy atom. The molecule has 27 heavy (non-hydrogen) atoms. The van der Waals surface area contributed by atoms with Gasteiger partial charge in [0.2, 0.25) is 0 Å². The van der Waals surface area contributed by atoms with E-state index in [2.05, 4.69) is 16.1 Å². The highest BCUT2D eigenvalue weighted by molar-refractivity contribution is 5.45. The van der Waals surface area contributed by atoms with Gasteiger partial charge in [-0.15, -0.1) is 0 Å². The van der Waals surface area contributed by atoms with E-state index in [4.69, 9.17) is 9.47 Å². The highest BCUT2D eigenvalue weighted by atomic mass is 19.1. The average Bonchev–Trinajstić information content (AvgIpc) is 3.23. The van der Waals surface area contributed by atoms with Crippen LogP contribution in [0.1, 0.15) is 17.2 Å². The molecule has 5 nitrogen and oxygen atoms in total. The predicted octanol–water partition coefficient (Wildman–Crippen LogP) is 3.59. The molecule has 4 rings (SSSR count). The van der Waals surface area contributed by atoms with Gasteiger partial charge < -0.3 is 9.47 Å². The topological polar surface area (TPSA) is 39.5 Å². The number of ether oxygens (including phenoxy) is 2. The standard InChI is InChI=1S/C21H22FN3O2/c1-26-19-7-8-20(25-10-2-9-23-25)17(13-19)14-24-11-12-27-21(15-24)16-3-5-18(22)6-4-16/h2-10,13,21H,11-12,14-15H2,1H3/t21-/m0/s1. The second-order valence-electron chi connectivity index (χ2n) is 6.59. The maximum absolute atomic E-state index is 13.2. The number of rotatable bonds is 5. The van der Waals surface area contributed by atoms with E-state index in [0.29, 0.717) is 6.61 Å². The van der Waals surface area contributed by atoms with Gasteiger partial charge in [0.25, 0.3) is 0 Å². The van der Waals surface area contributed by atoms with Crippen LogP contribution in [0, 0.1) is 5.82 Å². The number of halogens is 1. The van der Waals surface area contributed by atoms with E-state index in [9.17, 15) is 4.39 Å². The summed E-state index contributed by atoms with van der Waals surface area (Å²) in [6.45, 7) is 2.99. The zero-order chi connectivity index (χ0) is 18.6.